The number of nitrogens with zero attached hydrogens (tertiary/aromatic N) is 4. The summed E-state index contributed by atoms with van der Waals surface area (Å²) in [5, 5.41) is 7.56. The highest BCUT2D eigenvalue weighted by molar-refractivity contribution is 7.92. The van der Waals surface area contributed by atoms with Crippen molar-refractivity contribution in [1.29, 1.82) is 0 Å². The van der Waals surface area contributed by atoms with Crippen LogP contribution in [0.25, 0.3) is 11.0 Å². The number of sulfonamides is 1. The number of benzene rings is 2. The molecule has 0 unspecified atom stereocenters. The molecule has 37 heavy (non-hydrogen) atoms. The maximum atomic E-state index is 14.1. The summed E-state index contributed by atoms with van der Waals surface area (Å²) in [6.45, 7) is 4.50. The molecule has 5 rings (SSSR count). The molecule has 4 aromatic rings. The number of halogens is 1. The smallest absolute Gasteiger partial charge is 0.232 e. The Morgan fingerprint density at radius 1 is 1.16 bits per heavy atom. The van der Waals surface area contributed by atoms with Crippen molar-refractivity contribution < 1.29 is 12.8 Å². The molecule has 2 aromatic heterocycles. The normalized spacial score (nSPS) is 14.7. The summed E-state index contributed by atoms with van der Waals surface area (Å²) < 4.78 is 41.4. The Labute approximate surface area is 216 Å². The zero-order valence-corrected chi connectivity index (χ0v) is 22.0. The van der Waals surface area contributed by atoms with Crippen LogP contribution < -0.4 is 14.9 Å². The van der Waals surface area contributed by atoms with Gasteiger partial charge in [-0.1, -0.05) is 6.07 Å². The largest absolute Gasteiger partial charge is 0.328 e. The van der Waals surface area contributed by atoms with E-state index in [0.717, 1.165) is 47.6 Å². The molecule has 0 aliphatic carbocycles. The molecular formula is C27H31FN6O2S. The molecule has 0 saturated carbocycles. The molecule has 1 aliphatic heterocycles. The number of fused-ring (bicyclic) bond motifs is 1. The Morgan fingerprint density at radius 3 is 2.68 bits per heavy atom. The standard InChI is InChI=1S/C27H31FN6O2S/c1-18-14-23(5-6-24(18)19-8-11-29-12-9-19)31-27-30-16-20-10-13-34(26(20)32-27)17-21-15-22(28)4-7-25(21)33(2)37(3,35)36/h4-7,10,13-16,19,29H,8-9,11-12,17H2,1-3H3,(H,30,31,32). The molecule has 0 spiro atoms. The van der Waals surface area contributed by atoms with E-state index in [2.05, 4.69) is 40.7 Å². The molecule has 1 saturated heterocycles. The average molecular weight is 523 g/mol. The summed E-state index contributed by atoms with van der Waals surface area (Å²) in [7, 11) is -2.04. The van der Waals surface area contributed by atoms with Crippen LogP contribution in [0.4, 0.5) is 21.7 Å². The van der Waals surface area contributed by atoms with E-state index in [9.17, 15) is 12.8 Å². The van der Waals surface area contributed by atoms with Crippen molar-refractivity contribution >= 4 is 38.4 Å². The van der Waals surface area contributed by atoms with Gasteiger partial charge in [0.25, 0.3) is 0 Å². The number of hydrogen-bond acceptors (Lipinski definition) is 6. The SMILES string of the molecule is Cc1cc(Nc2ncc3ccn(Cc4cc(F)ccc4N(C)S(C)(=O)=O)c3n2)ccc1C1CCNCC1. The lowest BCUT2D eigenvalue weighted by molar-refractivity contribution is 0.459. The van der Waals surface area contributed by atoms with Gasteiger partial charge >= 0.3 is 0 Å². The van der Waals surface area contributed by atoms with E-state index < -0.39 is 15.8 Å². The Morgan fingerprint density at radius 2 is 1.95 bits per heavy atom. The third-order valence-corrected chi connectivity index (χ3v) is 8.22. The first-order valence-corrected chi connectivity index (χ1v) is 14.2. The Balaban J connectivity index is 1.41. The van der Waals surface area contributed by atoms with Crippen LogP contribution in [0, 0.1) is 12.7 Å². The second-order valence-corrected chi connectivity index (χ2v) is 11.7. The van der Waals surface area contributed by atoms with Crippen LogP contribution in [0.2, 0.25) is 0 Å². The van der Waals surface area contributed by atoms with Crippen molar-refractivity contribution in [2.24, 2.45) is 0 Å². The van der Waals surface area contributed by atoms with Gasteiger partial charge in [0.2, 0.25) is 16.0 Å². The van der Waals surface area contributed by atoms with Gasteiger partial charge in [-0.05, 0) is 91.9 Å². The zero-order chi connectivity index (χ0) is 26.2. The van der Waals surface area contributed by atoms with Crippen molar-refractivity contribution in [2.45, 2.75) is 32.2 Å². The first-order chi connectivity index (χ1) is 17.7. The Kier molecular flexibility index (Phi) is 6.87. The molecule has 0 radical (unpaired) electrons. The predicted octanol–water partition coefficient (Wildman–Crippen LogP) is 4.53. The third-order valence-electron chi connectivity index (χ3n) is 7.03. The van der Waals surface area contributed by atoms with Crippen molar-refractivity contribution in [2.75, 3.05) is 36.0 Å². The monoisotopic (exact) mass is 522 g/mol. The summed E-state index contributed by atoms with van der Waals surface area (Å²) in [5.74, 6) is 0.604. The number of rotatable bonds is 7. The minimum atomic E-state index is -3.51. The summed E-state index contributed by atoms with van der Waals surface area (Å²) in [4.78, 5) is 9.19. The van der Waals surface area contributed by atoms with E-state index in [-0.39, 0.29) is 6.54 Å². The van der Waals surface area contributed by atoms with E-state index in [1.165, 1.54) is 36.4 Å². The fourth-order valence-electron chi connectivity index (χ4n) is 4.98. The Bertz CT molecular complexity index is 1550. The zero-order valence-electron chi connectivity index (χ0n) is 21.2. The van der Waals surface area contributed by atoms with E-state index in [4.69, 9.17) is 4.98 Å². The lowest BCUT2D eigenvalue weighted by Crippen LogP contribution is -2.26. The summed E-state index contributed by atoms with van der Waals surface area (Å²) in [6, 6.07) is 12.4. The molecule has 2 N–H and O–H groups in total. The highest BCUT2D eigenvalue weighted by Gasteiger charge is 2.19. The highest BCUT2D eigenvalue weighted by Crippen LogP contribution is 2.30. The lowest BCUT2D eigenvalue weighted by Gasteiger charge is -2.24. The van der Waals surface area contributed by atoms with Gasteiger partial charge in [-0.2, -0.15) is 4.98 Å². The molecule has 1 fully saturated rings. The van der Waals surface area contributed by atoms with E-state index in [1.54, 1.807) is 6.20 Å². The van der Waals surface area contributed by atoms with Crippen LogP contribution in [0.15, 0.2) is 54.9 Å². The lowest BCUT2D eigenvalue weighted by atomic mass is 9.87. The van der Waals surface area contributed by atoms with Gasteiger partial charge < -0.3 is 15.2 Å². The van der Waals surface area contributed by atoms with E-state index in [1.807, 2.05) is 16.8 Å². The van der Waals surface area contributed by atoms with Gasteiger partial charge in [0, 0.05) is 30.5 Å². The minimum absolute atomic E-state index is 0.247. The number of aryl methyl sites for hydroxylation is 1. The molecule has 3 heterocycles. The molecule has 2 aromatic carbocycles. The first-order valence-electron chi connectivity index (χ1n) is 12.3. The Hall–Kier alpha value is -3.50. The maximum Gasteiger partial charge on any atom is 0.232 e. The van der Waals surface area contributed by atoms with Crippen LogP contribution >= 0.6 is 0 Å². The second-order valence-electron chi connectivity index (χ2n) is 9.64. The van der Waals surface area contributed by atoms with Crippen LogP contribution in [0.3, 0.4) is 0 Å². The third kappa shape index (κ3) is 5.45. The molecular weight excluding hydrogens is 491 g/mol. The van der Waals surface area contributed by atoms with Crippen molar-refractivity contribution in [3.63, 3.8) is 0 Å². The summed E-state index contributed by atoms with van der Waals surface area (Å²) in [5.41, 5.74) is 5.16. The predicted molar refractivity (Wildman–Crippen MR) is 146 cm³/mol. The van der Waals surface area contributed by atoms with Gasteiger partial charge in [0.15, 0.2) is 0 Å². The summed E-state index contributed by atoms with van der Waals surface area (Å²) >= 11 is 0. The number of piperidine rings is 1. The number of hydrogen-bond donors (Lipinski definition) is 2. The fraction of sp³-hybridized carbons (Fsp3) is 0.333. The quantitative estimate of drug-likeness (QED) is 0.371. The van der Waals surface area contributed by atoms with E-state index in [0.29, 0.717) is 28.8 Å². The second kappa shape index (κ2) is 10.1. The molecule has 194 valence electrons. The van der Waals surface area contributed by atoms with Crippen molar-refractivity contribution in [3.8, 4) is 0 Å². The average Bonchev–Trinajstić information content (AvgIpc) is 3.26. The van der Waals surface area contributed by atoms with Gasteiger partial charge in [0.05, 0.1) is 18.5 Å². The molecule has 8 nitrogen and oxygen atoms in total. The molecule has 0 bridgehead atoms. The van der Waals surface area contributed by atoms with Crippen LogP contribution in [0.1, 0.15) is 35.4 Å². The van der Waals surface area contributed by atoms with Gasteiger partial charge in [-0.3, -0.25) is 4.31 Å². The van der Waals surface area contributed by atoms with Gasteiger partial charge in [-0.15, -0.1) is 0 Å². The summed E-state index contributed by atoms with van der Waals surface area (Å²) in [6.07, 6.45) is 7.01. The van der Waals surface area contributed by atoms with Crippen molar-refractivity contribution in [3.05, 3.63) is 77.4 Å². The molecule has 0 atom stereocenters. The van der Waals surface area contributed by atoms with Crippen LogP contribution in [-0.2, 0) is 16.6 Å². The maximum absolute atomic E-state index is 14.1. The van der Waals surface area contributed by atoms with Gasteiger partial charge in [0.1, 0.15) is 11.5 Å². The first kappa shape index (κ1) is 25.2. The minimum Gasteiger partial charge on any atom is -0.328 e. The highest BCUT2D eigenvalue weighted by atomic mass is 32.2. The van der Waals surface area contributed by atoms with Crippen LogP contribution in [0.5, 0.6) is 0 Å². The molecule has 1 aliphatic rings. The van der Waals surface area contributed by atoms with Crippen LogP contribution in [-0.4, -0.2) is 49.3 Å². The van der Waals surface area contributed by atoms with E-state index >= 15 is 0 Å². The van der Waals surface area contributed by atoms with Gasteiger partial charge in [-0.25, -0.2) is 17.8 Å². The number of anilines is 3. The van der Waals surface area contributed by atoms with Crippen molar-refractivity contribution in [1.82, 2.24) is 19.9 Å². The molecule has 0 amide bonds. The number of aromatic nitrogens is 3. The number of nitrogens with one attached hydrogen (secondary N) is 2. The fourth-order valence-corrected chi connectivity index (χ4v) is 5.52. The topological polar surface area (TPSA) is 92.2 Å². The molecule has 10 heteroatoms.